The van der Waals surface area contributed by atoms with Crippen molar-refractivity contribution in [2.24, 2.45) is 0 Å². The molecule has 8 heteroatoms. The number of Topliss-reactive ketones (excluding diaryl/α,β-unsaturated/α-hetero) is 1. The molecule has 0 aliphatic carbocycles. The van der Waals surface area contributed by atoms with Crippen molar-refractivity contribution >= 4 is 35.0 Å². The third-order valence-corrected chi connectivity index (χ3v) is 5.17. The summed E-state index contributed by atoms with van der Waals surface area (Å²) in [4.78, 5) is 35.7. The smallest absolute Gasteiger partial charge is 0.291 e. The number of benzene rings is 2. The lowest BCUT2D eigenvalue weighted by Crippen LogP contribution is -2.24. The van der Waals surface area contributed by atoms with Crippen LogP contribution >= 0.6 is 11.8 Å². The lowest BCUT2D eigenvalue weighted by Gasteiger charge is -2.09. The Morgan fingerprint density at radius 3 is 2.60 bits per heavy atom. The van der Waals surface area contributed by atoms with Gasteiger partial charge in [-0.1, -0.05) is 18.2 Å². The van der Waals surface area contributed by atoms with E-state index >= 15 is 0 Å². The molecule has 0 saturated heterocycles. The zero-order valence-corrected chi connectivity index (χ0v) is 16.9. The average Bonchev–Trinajstić information content (AvgIpc) is 3.26. The van der Waals surface area contributed by atoms with E-state index in [9.17, 15) is 18.8 Å². The van der Waals surface area contributed by atoms with Crippen LogP contribution in [0.2, 0.25) is 0 Å². The number of anilines is 1. The molecule has 1 aromatic heterocycles. The van der Waals surface area contributed by atoms with Crippen LogP contribution in [0.1, 0.15) is 33.4 Å². The molecule has 0 radical (unpaired) electrons. The van der Waals surface area contributed by atoms with Crippen LogP contribution in [0.15, 0.2) is 70.2 Å². The van der Waals surface area contributed by atoms with Gasteiger partial charge in [0.1, 0.15) is 5.82 Å². The number of ketones is 1. The number of hydrogen-bond donors (Lipinski definition) is 2. The summed E-state index contributed by atoms with van der Waals surface area (Å²) in [5.74, 6) is -1.14. The number of thioether (sulfide) groups is 1. The van der Waals surface area contributed by atoms with E-state index in [1.165, 1.54) is 31.4 Å². The molecule has 0 aliphatic heterocycles. The van der Waals surface area contributed by atoms with Gasteiger partial charge in [0, 0.05) is 22.7 Å². The van der Waals surface area contributed by atoms with Gasteiger partial charge in [-0.2, -0.15) is 0 Å². The maximum Gasteiger partial charge on any atom is 0.291 e. The van der Waals surface area contributed by atoms with Crippen molar-refractivity contribution < 1.29 is 23.2 Å². The molecule has 2 amide bonds. The van der Waals surface area contributed by atoms with Crippen LogP contribution < -0.4 is 10.6 Å². The monoisotopic (exact) mass is 426 g/mol. The van der Waals surface area contributed by atoms with Gasteiger partial charge in [-0.3, -0.25) is 14.4 Å². The molecule has 0 fully saturated rings. The topological polar surface area (TPSA) is 88.4 Å². The van der Waals surface area contributed by atoms with Gasteiger partial charge in [0.05, 0.1) is 12.0 Å². The number of hydrogen-bond acceptors (Lipinski definition) is 5. The van der Waals surface area contributed by atoms with Crippen LogP contribution in [0.3, 0.4) is 0 Å². The van der Waals surface area contributed by atoms with E-state index in [0.29, 0.717) is 16.1 Å². The molecule has 2 N–H and O–H groups in total. The standard InChI is InChI=1S/C22H19FN2O4S/c1-14(26)16-7-8-20(18(23)11-16)30-13-21(27)24-12-15-4-2-5-17(10-15)25-22(28)19-6-3-9-29-19/h2-11H,12-13H2,1H3,(H,24,27)(H,25,28). The van der Waals surface area contributed by atoms with Crippen LogP contribution in [-0.2, 0) is 11.3 Å². The molecular weight excluding hydrogens is 407 g/mol. The summed E-state index contributed by atoms with van der Waals surface area (Å²) < 4.78 is 19.1. The van der Waals surface area contributed by atoms with Crippen molar-refractivity contribution in [3.63, 3.8) is 0 Å². The van der Waals surface area contributed by atoms with Crippen molar-refractivity contribution in [1.29, 1.82) is 0 Å². The van der Waals surface area contributed by atoms with Gasteiger partial charge in [0.2, 0.25) is 5.91 Å². The zero-order valence-electron chi connectivity index (χ0n) is 16.1. The van der Waals surface area contributed by atoms with E-state index in [2.05, 4.69) is 10.6 Å². The normalized spacial score (nSPS) is 10.5. The Morgan fingerprint density at radius 2 is 1.90 bits per heavy atom. The predicted octanol–water partition coefficient (Wildman–Crippen LogP) is 4.28. The minimum atomic E-state index is -0.527. The fourth-order valence-corrected chi connectivity index (χ4v) is 3.34. The number of amides is 2. The first-order chi connectivity index (χ1) is 14.4. The summed E-state index contributed by atoms with van der Waals surface area (Å²) in [6.45, 7) is 1.63. The SMILES string of the molecule is CC(=O)c1ccc(SCC(=O)NCc2cccc(NC(=O)c3ccco3)c2)c(F)c1. The molecule has 2 aromatic carbocycles. The minimum absolute atomic E-state index is 0.0330. The number of furan rings is 1. The van der Waals surface area contributed by atoms with Crippen molar-refractivity contribution in [3.8, 4) is 0 Å². The van der Waals surface area contributed by atoms with E-state index in [-0.39, 0.29) is 35.7 Å². The Morgan fingerprint density at radius 1 is 1.07 bits per heavy atom. The van der Waals surface area contributed by atoms with Gasteiger partial charge in [0.15, 0.2) is 11.5 Å². The second kappa shape index (κ2) is 9.89. The molecule has 0 saturated carbocycles. The quantitative estimate of drug-likeness (QED) is 0.415. The number of carbonyl (C=O) groups excluding carboxylic acids is 3. The largest absolute Gasteiger partial charge is 0.459 e. The average molecular weight is 426 g/mol. The van der Waals surface area contributed by atoms with E-state index < -0.39 is 5.82 Å². The van der Waals surface area contributed by atoms with Crippen molar-refractivity contribution in [2.45, 2.75) is 18.4 Å². The Labute approximate surface area is 176 Å². The van der Waals surface area contributed by atoms with E-state index in [1.807, 2.05) is 6.07 Å². The second-order valence-electron chi connectivity index (χ2n) is 6.40. The molecule has 30 heavy (non-hydrogen) atoms. The Kier molecular flexibility index (Phi) is 7.03. The summed E-state index contributed by atoms with van der Waals surface area (Å²) in [5.41, 5.74) is 1.66. The first-order valence-corrected chi connectivity index (χ1v) is 10.0. The number of nitrogens with one attached hydrogen (secondary N) is 2. The van der Waals surface area contributed by atoms with Crippen molar-refractivity contribution in [3.05, 3.63) is 83.6 Å². The summed E-state index contributed by atoms with van der Waals surface area (Å²) in [7, 11) is 0. The zero-order chi connectivity index (χ0) is 21.5. The Balaban J connectivity index is 1.50. The minimum Gasteiger partial charge on any atom is -0.459 e. The molecule has 154 valence electrons. The molecule has 1 heterocycles. The van der Waals surface area contributed by atoms with Gasteiger partial charge >= 0.3 is 0 Å². The number of rotatable bonds is 8. The lowest BCUT2D eigenvalue weighted by molar-refractivity contribution is -0.118. The summed E-state index contributed by atoms with van der Waals surface area (Å²) in [5, 5.41) is 5.48. The van der Waals surface area contributed by atoms with E-state index in [1.54, 1.807) is 30.3 Å². The van der Waals surface area contributed by atoms with Crippen LogP contribution in [0, 0.1) is 5.82 Å². The van der Waals surface area contributed by atoms with Crippen LogP contribution in [0.4, 0.5) is 10.1 Å². The van der Waals surface area contributed by atoms with Gasteiger partial charge in [-0.05, 0) is 48.9 Å². The fraction of sp³-hybridized carbons (Fsp3) is 0.136. The Hall–Kier alpha value is -3.39. The van der Waals surface area contributed by atoms with Crippen molar-refractivity contribution in [2.75, 3.05) is 11.1 Å². The second-order valence-corrected chi connectivity index (χ2v) is 7.42. The fourth-order valence-electron chi connectivity index (χ4n) is 2.59. The van der Waals surface area contributed by atoms with Crippen LogP contribution in [0.25, 0.3) is 0 Å². The molecule has 0 unspecified atom stereocenters. The van der Waals surface area contributed by atoms with E-state index in [0.717, 1.165) is 17.3 Å². The summed E-state index contributed by atoms with van der Waals surface area (Å²) in [6, 6.07) is 14.4. The van der Waals surface area contributed by atoms with Crippen molar-refractivity contribution in [1.82, 2.24) is 5.32 Å². The molecule has 3 rings (SSSR count). The molecule has 0 atom stereocenters. The van der Waals surface area contributed by atoms with Crippen LogP contribution in [-0.4, -0.2) is 23.4 Å². The third kappa shape index (κ3) is 5.81. The van der Waals surface area contributed by atoms with E-state index in [4.69, 9.17) is 4.42 Å². The lowest BCUT2D eigenvalue weighted by atomic mass is 10.1. The van der Waals surface area contributed by atoms with Crippen LogP contribution in [0.5, 0.6) is 0 Å². The molecule has 0 aliphatic rings. The molecule has 6 nitrogen and oxygen atoms in total. The van der Waals surface area contributed by atoms with Gasteiger partial charge in [0.25, 0.3) is 5.91 Å². The highest BCUT2D eigenvalue weighted by atomic mass is 32.2. The maximum absolute atomic E-state index is 14.0. The van der Waals surface area contributed by atoms with Gasteiger partial charge < -0.3 is 15.1 Å². The molecule has 3 aromatic rings. The third-order valence-electron chi connectivity index (χ3n) is 4.12. The highest BCUT2D eigenvalue weighted by molar-refractivity contribution is 8.00. The first kappa shape index (κ1) is 21.3. The Bertz CT molecular complexity index is 1070. The first-order valence-electron chi connectivity index (χ1n) is 9.06. The number of halogens is 1. The molecular formula is C22H19FN2O4S. The maximum atomic E-state index is 14.0. The summed E-state index contributed by atoms with van der Waals surface area (Å²) >= 11 is 1.05. The molecule has 0 spiro atoms. The number of carbonyl (C=O) groups is 3. The summed E-state index contributed by atoms with van der Waals surface area (Å²) in [6.07, 6.45) is 1.42. The van der Waals surface area contributed by atoms with Gasteiger partial charge in [-0.25, -0.2) is 4.39 Å². The highest BCUT2D eigenvalue weighted by Crippen LogP contribution is 2.23. The predicted molar refractivity (Wildman–Crippen MR) is 112 cm³/mol. The highest BCUT2D eigenvalue weighted by Gasteiger charge is 2.11. The molecule has 0 bridgehead atoms. The van der Waals surface area contributed by atoms with Gasteiger partial charge in [-0.15, -0.1) is 11.8 Å².